The predicted molar refractivity (Wildman–Crippen MR) is 181 cm³/mol. The van der Waals surface area contributed by atoms with Crippen LogP contribution in [0.4, 0.5) is 0 Å². The molecule has 0 N–H and O–H groups in total. The van der Waals surface area contributed by atoms with Crippen LogP contribution in [0.1, 0.15) is 144 Å². The molecule has 3 atom stereocenters. The van der Waals surface area contributed by atoms with Gasteiger partial charge in [0.2, 0.25) is 0 Å². The molecule has 3 aliphatic rings. The van der Waals surface area contributed by atoms with Gasteiger partial charge >= 0.3 is 0 Å². The van der Waals surface area contributed by atoms with Crippen LogP contribution in [0.2, 0.25) is 18.6 Å². The van der Waals surface area contributed by atoms with E-state index in [9.17, 15) is 0 Å². The molecule has 0 heterocycles. The first-order valence-electron chi connectivity index (χ1n) is 16.8. The van der Waals surface area contributed by atoms with Gasteiger partial charge in [-0.05, 0) is 111 Å². The van der Waals surface area contributed by atoms with Gasteiger partial charge in [-0.1, -0.05) is 110 Å². The summed E-state index contributed by atoms with van der Waals surface area (Å²) < 4.78 is 2.98. The zero-order valence-electron chi connectivity index (χ0n) is 28.7. The van der Waals surface area contributed by atoms with E-state index < -0.39 is 8.24 Å². The molecule has 4 rings (SSSR count). The average molecular weight is 562 g/mol. The van der Waals surface area contributed by atoms with Gasteiger partial charge in [0.1, 0.15) is 8.24 Å². The second-order valence-corrected chi connectivity index (χ2v) is 21.7. The molecule has 3 aliphatic carbocycles. The fourth-order valence-corrected chi connectivity index (χ4v) is 15.8. The van der Waals surface area contributed by atoms with Gasteiger partial charge in [-0.25, -0.2) is 0 Å². The van der Waals surface area contributed by atoms with Crippen molar-refractivity contribution in [3.63, 3.8) is 0 Å². The Labute approximate surface area is 250 Å². The predicted octanol–water partition coefficient (Wildman–Crippen LogP) is 11.4. The molecule has 0 spiro atoms. The Hall–Kier alpha value is -1.12. The molecule has 40 heavy (non-hydrogen) atoms. The maximum Gasteiger partial charge on any atom is 0.126 e. The van der Waals surface area contributed by atoms with Gasteiger partial charge in [0.25, 0.3) is 0 Å². The van der Waals surface area contributed by atoms with Crippen molar-refractivity contribution < 1.29 is 0 Å². The van der Waals surface area contributed by atoms with Gasteiger partial charge in [-0.2, -0.15) is 0 Å². The number of hydrogen-bond acceptors (Lipinski definition) is 1. The lowest BCUT2D eigenvalue weighted by molar-refractivity contribution is 0.122. The van der Waals surface area contributed by atoms with E-state index in [2.05, 4.69) is 124 Å². The number of hydrogen-bond donors (Lipinski definition) is 0. The van der Waals surface area contributed by atoms with Crippen LogP contribution in [0.3, 0.4) is 0 Å². The highest BCUT2D eigenvalue weighted by molar-refractivity contribution is 6.76. The van der Waals surface area contributed by atoms with Crippen molar-refractivity contribution in [2.45, 2.75) is 168 Å². The van der Waals surface area contributed by atoms with Gasteiger partial charge in [0.05, 0.1) is 0 Å². The Balaban J connectivity index is 1.88. The molecule has 1 saturated carbocycles. The zero-order chi connectivity index (χ0) is 29.9. The van der Waals surface area contributed by atoms with E-state index in [1.165, 1.54) is 56.9 Å². The van der Waals surface area contributed by atoms with Crippen LogP contribution in [0, 0.1) is 11.8 Å². The molecule has 0 radical (unpaired) electrons. The highest BCUT2D eigenvalue weighted by Gasteiger charge is 2.55. The van der Waals surface area contributed by atoms with E-state index >= 15 is 0 Å². The van der Waals surface area contributed by atoms with Gasteiger partial charge in [0, 0.05) is 16.5 Å². The first-order valence-corrected chi connectivity index (χ1v) is 19.8. The second-order valence-electron chi connectivity index (χ2n) is 17.2. The van der Waals surface area contributed by atoms with Crippen molar-refractivity contribution >= 4 is 13.8 Å². The summed E-state index contributed by atoms with van der Waals surface area (Å²) in [6.45, 7) is 32.0. The van der Waals surface area contributed by atoms with Crippen LogP contribution in [0.25, 0.3) is 5.57 Å². The summed E-state index contributed by atoms with van der Waals surface area (Å²) in [5.41, 5.74) is 9.58. The standard InChI is InChI=1S/C38H63NSi/c1-14-16-22-38(23-17-15-2)32-25-28(35(3,4)5)19-20-29(32)31-24-27-18-21-34(30(27)26-33(31)38)40(12,13)39(36(6,7)8)37(9,10)11/h19-20,24-27,30,34H,14-18,21-23H2,1-13H3. The molecule has 0 aromatic heterocycles. The molecule has 0 aliphatic heterocycles. The lowest BCUT2D eigenvalue weighted by atomic mass is 9.68. The summed E-state index contributed by atoms with van der Waals surface area (Å²) in [6, 6.07) is 7.60. The number of benzene rings is 1. The van der Waals surface area contributed by atoms with Gasteiger partial charge in [-0.15, -0.1) is 0 Å². The summed E-state index contributed by atoms with van der Waals surface area (Å²) in [5.74, 6) is 1.38. The largest absolute Gasteiger partial charge is 0.314 e. The third-order valence-corrected chi connectivity index (χ3v) is 15.7. The summed E-state index contributed by atoms with van der Waals surface area (Å²) in [7, 11) is -1.77. The number of nitrogens with zero attached hydrogens (tertiary/aromatic N) is 1. The molecule has 224 valence electrons. The van der Waals surface area contributed by atoms with E-state index in [1.807, 2.05) is 0 Å². The molecule has 0 amide bonds. The van der Waals surface area contributed by atoms with E-state index in [0.717, 1.165) is 5.54 Å². The maximum atomic E-state index is 2.98. The maximum absolute atomic E-state index is 2.98. The van der Waals surface area contributed by atoms with Gasteiger partial charge in [0.15, 0.2) is 0 Å². The second kappa shape index (κ2) is 10.9. The third kappa shape index (κ3) is 5.50. The number of rotatable bonds is 8. The first kappa shape index (κ1) is 31.8. The molecule has 1 aromatic rings. The Morgan fingerprint density at radius 2 is 1.40 bits per heavy atom. The summed E-state index contributed by atoms with van der Waals surface area (Å²) in [6.07, 6.45) is 16.2. The van der Waals surface area contributed by atoms with Crippen molar-refractivity contribution in [1.82, 2.24) is 4.57 Å². The lowest BCUT2D eigenvalue weighted by Gasteiger charge is -2.57. The number of unbranched alkanes of at least 4 members (excludes halogenated alkanes) is 2. The summed E-state index contributed by atoms with van der Waals surface area (Å²) in [5, 5.41) is 0. The molecule has 0 bridgehead atoms. The van der Waals surface area contributed by atoms with Crippen LogP contribution in [-0.2, 0) is 10.8 Å². The van der Waals surface area contributed by atoms with Gasteiger partial charge < -0.3 is 4.57 Å². The average Bonchev–Trinajstić information content (AvgIpc) is 3.35. The van der Waals surface area contributed by atoms with Crippen LogP contribution in [0.15, 0.2) is 35.9 Å². The van der Waals surface area contributed by atoms with Gasteiger partial charge in [-0.3, -0.25) is 0 Å². The lowest BCUT2D eigenvalue weighted by Crippen LogP contribution is -2.67. The minimum atomic E-state index is -1.77. The molecular formula is C38H63NSi. The minimum Gasteiger partial charge on any atom is -0.314 e. The fraction of sp³-hybridized carbons (Fsp3) is 0.737. The molecule has 0 saturated heterocycles. The molecule has 1 fully saturated rings. The Morgan fingerprint density at radius 1 is 0.825 bits per heavy atom. The molecule has 1 nitrogen and oxygen atoms in total. The van der Waals surface area contributed by atoms with E-state index in [-0.39, 0.29) is 21.9 Å². The topological polar surface area (TPSA) is 3.24 Å². The molecule has 1 aromatic carbocycles. The van der Waals surface area contributed by atoms with Crippen LogP contribution >= 0.6 is 0 Å². The summed E-state index contributed by atoms with van der Waals surface area (Å²) in [4.78, 5) is 0. The Bertz CT molecular complexity index is 1110. The molecule has 2 heteroatoms. The summed E-state index contributed by atoms with van der Waals surface area (Å²) >= 11 is 0. The molecule has 3 unspecified atom stereocenters. The van der Waals surface area contributed by atoms with Crippen molar-refractivity contribution in [3.05, 3.63) is 52.6 Å². The highest BCUT2D eigenvalue weighted by atomic mass is 28.3. The number of fused-ring (bicyclic) bond motifs is 4. The van der Waals surface area contributed by atoms with E-state index in [1.54, 1.807) is 22.3 Å². The SMILES string of the molecule is CCCCC1(CCCC)C2=CC3C(C=C2c2ccc(C(C)(C)C)cc21)CCC3[Si](C)(C)N(C(C)(C)C)C(C)(C)C. The quantitative estimate of drug-likeness (QED) is 0.285. The number of allylic oxidation sites excluding steroid dienone is 4. The van der Waals surface area contributed by atoms with Crippen molar-refractivity contribution in [2.75, 3.05) is 0 Å². The van der Waals surface area contributed by atoms with Crippen molar-refractivity contribution in [3.8, 4) is 0 Å². The monoisotopic (exact) mass is 561 g/mol. The third-order valence-electron chi connectivity index (χ3n) is 10.7. The van der Waals surface area contributed by atoms with Crippen molar-refractivity contribution in [1.29, 1.82) is 0 Å². The van der Waals surface area contributed by atoms with E-state index in [0.29, 0.717) is 11.8 Å². The van der Waals surface area contributed by atoms with Crippen molar-refractivity contribution in [2.24, 2.45) is 11.8 Å². The minimum absolute atomic E-state index is 0.174. The smallest absolute Gasteiger partial charge is 0.126 e. The highest BCUT2D eigenvalue weighted by Crippen LogP contribution is 2.62. The Morgan fingerprint density at radius 3 is 1.90 bits per heavy atom. The van der Waals surface area contributed by atoms with Crippen LogP contribution in [-0.4, -0.2) is 23.9 Å². The fourth-order valence-electron chi connectivity index (χ4n) is 9.86. The van der Waals surface area contributed by atoms with Crippen LogP contribution < -0.4 is 0 Å². The first-order chi connectivity index (χ1) is 18.4. The van der Waals surface area contributed by atoms with Crippen LogP contribution in [0.5, 0.6) is 0 Å². The van der Waals surface area contributed by atoms with E-state index in [4.69, 9.17) is 0 Å². The normalized spacial score (nSPS) is 24.5. The molecular weight excluding hydrogens is 499 g/mol. The zero-order valence-corrected chi connectivity index (χ0v) is 29.7. The Kier molecular flexibility index (Phi) is 8.63.